The number of rotatable bonds is 6. The van der Waals surface area contributed by atoms with Crippen LogP contribution in [-0.2, 0) is 16.6 Å². The number of amides is 1. The maximum atomic E-state index is 12.4. The molecule has 0 unspecified atom stereocenters. The van der Waals surface area contributed by atoms with Crippen LogP contribution in [0.25, 0.3) is 0 Å². The quantitative estimate of drug-likeness (QED) is 0.578. The molecule has 0 fully saturated rings. The van der Waals surface area contributed by atoms with Crippen LogP contribution in [0.4, 0.5) is 0 Å². The molecular formula is C14H20N2O3. The lowest BCUT2D eigenvalue weighted by Crippen LogP contribution is -2.37. The van der Waals surface area contributed by atoms with E-state index in [0.717, 1.165) is 5.69 Å². The number of aromatic nitrogens is 1. The maximum absolute atomic E-state index is 12.4. The fraction of sp³-hybridized carbons (Fsp3) is 0.429. The van der Waals surface area contributed by atoms with Gasteiger partial charge in [-0.1, -0.05) is 6.08 Å². The van der Waals surface area contributed by atoms with E-state index in [1.165, 1.54) is 4.90 Å². The number of esters is 1. The molecule has 1 rings (SSSR count). The fourth-order valence-corrected chi connectivity index (χ4v) is 1.73. The van der Waals surface area contributed by atoms with Gasteiger partial charge < -0.3 is 14.2 Å². The van der Waals surface area contributed by atoms with Crippen molar-refractivity contribution in [3.63, 3.8) is 0 Å². The molecule has 5 heteroatoms. The summed E-state index contributed by atoms with van der Waals surface area (Å²) < 4.78 is 6.66. The highest BCUT2D eigenvalue weighted by Crippen LogP contribution is 2.09. The molecule has 0 aliphatic heterocycles. The Morgan fingerprint density at radius 2 is 2.16 bits per heavy atom. The molecule has 0 radical (unpaired) electrons. The molecule has 1 aromatic rings. The van der Waals surface area contributed by atoms with Crippen molar-refractivity contribution in [2.75, 3.05) is 19.7 Å². The largest absolute Gasteiger partial charge is 0.465 e. The minimum atomic E-state index is -0.413. The van der Waals surface area contributed by atoms with Crippen LogP contribution < -0.4 is 0 Å². The standard InChI is InChI=1S/C14H20N2O3/c1-5-9-16(10-13(17)19-6-2)14(18)12-8-7-11(3)15(12)4/h5,7-8H,1,6,9-10H2,2-4H3. The summed E-state index contributed by atoms with van der Waals surface area (Å²) in [6.45, 7) is 7.80. The molecule has 1 amide bonds. The van der Waals surface area contributed by atoms with Crippen molar-refractivity contribution >= 4 is 11.9 Å². The van der Waals surface area contributed by atoms with Crippen LogP contribution in [-0.4, -0.2) is 41.0 Å². The lowest BCUT2D eigenvalue weighted by molar-refractivity contribution is -0.143. The third-order valence-corrected chi connectivity index (χ3v) is 2.85. The first kappa shape index (κ1) is 15.0. The van der Waals surface area contributed by atoms with Crippen molar-refractivity contribution < 1.29 is 14.3 Å². The summed E-state index contributed by atoms with van der Waals surface area (Å²) >= 11 is 0. The van der Waals surface area contributed by atoms with Crippen molar-refractivity contribution in [1.29, 1.82) is 0 Å². The van der Waals surface area contributed by atoms with Gasteiger partial charge in [0.15, 0.2) is 0 Å². The number of hydrogen-bond donors (Lipinski definition) is 0. The molecule has 0 atom stereocenters. The second kappa shape index (κ2) is 6.78. The Bertz CT molecular complexity index is 477. The number of carbonyl (C=O) groups is 2. The molecule has 1 heterocycles. The summed E-state index contributed by atoms with van der Waals surface area (Å²) in [5, 5.41) is 0. The average molecular weight is 264 g/mol. The van der Waals surface area contributed by atoms with Gasteiger partial charge in [-0.2, -0.15) is 0 Å². The van der Waals surface area contributed by atoms with Gasteiger partial charge in [0, 0.05) is 19.3 Å². The minimum Gasteiger partial charge on any atom is -0.465 e. The lowest BCUT2D eigenvalue weighted by atomic mass is 10.3. The molecule has 0 saturated heterocycles. The zero-order valence-corrected chi connectivity index (χ0v) is 11.7. The molecule has 0 N–H and O–H groups in total. The van der Waals surface area contributed by atoms with Crippen molar-refractivity contribution in [3.8, 4) is 0 Å². The summed E-state index contributed by atoms with van der Waals surface area (Å²) in [6, 6.07) is 3.61. The van der Waals surface area contributed by atoms with Gasteiger partial charge in [-0.15, -0.1) is 6.58 Å². The first-order chi connectivity index (χ1) is 9.01. The summed E-state index contributed by atoms with van der Waals surface area (Å²) in [6.07, 6.45) is 1.59. The molecule has 0 aromatic carbocycles. The molecule has 19 heavy (non-hydrogen) atoms. The van der Waals surface area contributed by atoms with E-state index in [1.54, 1.807) is 23.6 Å². The van der Waals surface area contributed by atoms with E-state index in [-0.39, 0.29) is 12.5 Å². The van der Waals surface area contributed by atoms with Crippen molar-refractivity contribution in [1.82, 2.24) is 9.47 Å². The normalized spacial score (nSPS) is 10.1. The van der Waals surface area contributed by atoms with E-state index in [2.05, 4.69) is 6.58 Å². The zero-order chi connectivity index (χ0) is 14.4. The van der Waals surface area contributed by atoms with Gasteiger partial charge in [-0.25, -0.2) is 0 Å². The summed E-state index contributed by atoms with van der Waals surface area (Å²) in [5.41, 5.74) is 1.53. The first-order valence-electron chi connectivity index (χ1n) is 6.19. The Kier molecular flexibility index (Phi) is 5.36. The molecule has 104 valence electrons. The molecule has 0 bridgehead atoms. The van der Waals surface area contributed by atoms with E-state index in [4.69, 9.17) is 4.74 Å². The fourth-order valence-electron chi connectivity index (χ4n) is 1.73. The predicted molar refractivity (Wildman–Crippen MR) is 72.9 cm³/mol. The first-order valence-corrected chi connectivity index (χ1v) is 6.19. The van der Waals surface area contributed by atoms with Gasteiger partial charge >= 0.3 is 5.97 Å². The van der Waals surface area contributed by atoms with Gasteiger partial charge in [-0.3, -0.25) is 9.59 Å². The number of aryl methyl sites for hydroxylation is 1. The van der Waals surface area contributed by atoms with Gasteiger partial charge in [0.25, 0.3) is 5.91 Å². The van der Waals surface area contributed by atoms with E-state index < -0.39 is 5.97 Å². The second-order valence-electron chi connectivity index (χ2n) is 4.20. The van der Waals surface area contributed by atoms with Gasteiger partial charge in [-0.05, 0) is 26.0 Å². The topological polar surface area (TPSA) is 51.5 Å². The van der Waals surface area contributed by atoms with Crippen LogP contribution in [0.3, 0.4) is 0 Å². The SMILES string of the molecule is C=CCN(CC(=O)OCC)C(=O)c1ccc(C)n1C. The highest BCUT2D eigenvalue weighted by molar-refractivity contribution is 5.95. The highest BCUT2D eigenvalue weighted by atomic mass is 16.5. The van der Waals surface area contributed by atoms with Gasteiger partial charge in [0.2, 0.25) is 0 Å². The maximum Gasteiger partial charge on any atom is 0.325 e. The summed E-state index contributed by atoms with van der Waals surface area (Å²) in [7, 11) is 1.82. The Morgan fingerprint density at radius 1 is 1.47 bits per heavy atom. The molecule has 5 nitrogen and oxygen atoms in total. The average Bonchev–Trinajstić information content (AvgIpc) is 2.69. The van der Waals surface area contributed by atoms with E-state index in [9.17, 15) is 9.59 Å². The third-order valence-electron chi connectivity index (χ3n) is 2.85. The Morgan fingerprint density at radius 3 is 2.63 bits per heavy atom. The van der Waals surface area contributed by atoms with Crippen LogP contribution in [0.5, 0.6) is 0 Å². The van der Waals surface area contributed by atoms with E-state index in [0.29, 0.717) is 18.8 Å². The zero-order valence-electron chi connectivity index (χ0n) is 11.7. The van der Waals surface area contributed by atoms with Crippen LogP contribution in [0, 0.1) is 6.92 Å². The number of hydrogen-bond acceptors (Lipinski definition) is 3. The molecule has 0 aliphatic rings. The molecule has 0 saturated carbocycles. The Labute approximate surface area is 113 Å². The van der Waals surface area contributed by atoms with Gasteiger partial charge in [0.05, 0.1) is 6.61 Å². The van der Waals surface area contributed by atoms with Gasteiger partial charge in [0.1, 0.15) is 12.2 Å². The van der Waals surface area contributed by atoms with Crippen LogP contribution in [0.2, 0.25) is 0 Å². The van der Waals surface area contributed by atoms with Crippen molar-refractivity contribution in [2.24, 2.45) is 7.05 Å². The number of carbonyl (C=O) groups excluding carboxylic acids is 2. The monoisotopic (exact) mass is 264 g/mol. The highest BCUT2D eigenvalue weighted by Gasteiger charge is 2.20. The Hall–Kier alpha value is -2.04. The van der Waals surface area contributed by atoms with Crippen molar-refractivity contribution in [2.45, 2.75) is 13.8 Å². The number of nitrogens with zero attached hydrogens (tertiary/aromatic N) is 2. The predicted octanol–water partition coefficient (Wildman–Crippen LogP) is 1.52. The van der Waals surface area contributed by atoms with E-state index >= 15 is 0 Å². The Balaban J connectivity index is 2.86. The van der Waals surface area contributed by atoms with Crippen LogP contribution in [0.15, 0.2) is 24.8 Å². The lowest BCUT2D eigenvalue weighted by Gasteiger charge is -2.20. The minimum absolute atomic E-state index is 0.0665. The smallest absolute Gasteiger partial charge is 0.325 e. The summed E-state index contributed by atoms with van der Waals surface area (Å²) in [5.74, 6) is -0.618. The summed E-state index contributed by atoms with van der Waals surface area (Å²) in [4.78, 5) is 25.3. The molecule has 0 aliphatic carbocycles. The van der Waals surface area contributed by atoms with Crippen molar-refractivity contribution in [3.05, 3.63) is 36.2 Å². The van der Waals surface area contributed by atoms with Crippen LogP contribution in [0.1, 0.15) is 23.1 Å². The molecule has 1 aromatic heterocycles. The van der Waals surface area contributed by atoms with E-state index in [1.807, 2.05) is 20.0 Å². The third kappa shape index (κ3) is 3.71. The second-order valence-corrected chi connectivity index (χ2v) is 4.20. The molecular weight excluding hydrogens is 244 g/mol. The molecule has 0 spiro atoms. The number of ether oxygens (including phenoxy) is 1. The van der Waals surface area contributed by atoms with Crippen LogP contribution >= 0.6 is 0 Å².